The van der Waals surface area contributed by atoms with Gasteiger partial charge in [-0.15, -0.1) is 0 Å². The molecule has 0 bridgehead atoms. The Morgan fingerprint density at radius 1 is 1.04 bits per heavy atom. The number of amides is 1. The van der Waals surface area contributed by atoms with Gasteiger partial charge in [-0.25, -0.2) is 17.5 Å². The van der Waals surface area contributed by atoms with Gasteiger partial charge in [-0.05, 0) is 57.0 Å². The molecule has 2 N–H and O–H groups in total. The van der Waals surface area contributed by atoms with Crippen LogP contribution in [0.4, 0.5) is 10.1 Å². The molecule has 0 spiro atoms. The Morgan fingerprint density at radius 3 is 2.23 bits per heavy atom. The second-order valence-electron chi connectivity index (χ2n) is 7.03. The number of anilines is 1. The minimum Gasteiger partial charge on any atom is -0.324 e. The maximum absolute atomic E-state index is 13.5. The summed E-state index contributed by atoms with van der Waals surface area (Å²) in [6.45, 7) is 5.31. The van der Waals surface area contributed by atoms with E-state index in [9.17, 15) is 17.6 Å². The zero-order valence-electron chi connectivity index (χ0n) is 15.0. The molecule has 5 nitrogen and oxygen atoms in total. The van der Waals surface area contributed by atoms with E-state index in [4.69, 9.17) is 0 Å². The van der Waals surface area contributed by atoms with Gasteiger partial charge < -0.3 is 5.32 Å². The van der Waals surface area contributed by atoms with Crippen LogP contribution in [0.5, 0.6) is 0 Å². The molecule has 2 rings (SSSR count). The third kappa shape index (κ3) is 5.93. The summed E-state index contributed by atoms with van der Waals surface area (Å²) in [7, 11) is -3.58. The summed E-state index contributed by atoms with van der Waals surface area (Å²) in [4.78, 5) is 12.1. The topological polar surface area (TPSA) is 75.3 Å². The first kappa shape index (κ1) is 20.1. The molecular formula is C19H23FN2O3S. The predicted molar refractivity (Wildman–Crippen MR) is 99.9 cm³/mol. The van der Waals surface area contributed by atoms with Gasteiger partial charge in [-0.1, -0.05) is 24.3 Å². The molecule has 0 atom stereocenters. The Morgan fingerprint density at radius 2 is 1.65 bits per heavy atom. The maximum atomic E-state index is 13.5. The zero-order chi connectivity index (χ0) is 19.4. The van der Waals surface area contributed by atoms with E-state index in [2.05, 4.69) is 10.0 Å². The molecule has 2 aromatic rings. The number of sulfonamides is 1. The van der Waals surface area contributed by atoms with Crippen LogP contribution in [0.3, 0.4) is 0 Å². The van der Waals surface area contributed by atoms with E-state index in [1.807, 2.05) is 0 Å². The molecule has 0 aliphatic carbocycles. The van der Waals surface area contributed by atoms with E-state index in [1.165, 1.54) is 24.3 Å². The lowest BCUT2D eigenvalue weighted by atomic mass is 10.1. The van der Waals surface area contributed by atoms with Crippen molar-refractivity contribution in [2.24, 2.45) is 0 Å². The van der Waals surface area contributed by atoms with Gasteiger partial charge >= 0.3 is 0 Å². The molecule has 1 amide bonds. The van der Waals surface area contributed by atoms with Crippen LogP contribution < -0.4 is 10.0 Å². The number of carbonyl (C=O) groups excluding carboxylic acids is 1. The average molecular weight is 378 g/mol. The lowest BCUT2D eigenvalue weighted by Crippen LogP contribution is -2.40. The Balaban J connectivity index is 1.95. The fourth-order valence-corrected chi connectivity index (χ4v) is 3.75. The highest BCUT2D eigenvalue weighted by Gasteiger charge is 2.21. The largest absolute Gasteiger partial charge is 0.324 e. The molecule has 0 saturated carbocycles. The van der Waals surface area contributed by atoms with Gasteiger partial charge in [-0.3, -0.25) is 4.79 Å². The van der Waals surface area contributed by atoms with Crippen LogP contribution in [0.1, 0.15) is 32.8 Å². The number of nitrogens with one attached hydrogen (secondary N) is 2. The molecule has 0 radical (unpaired) electrons. The molecule has 26 heavy (non-hydrogen) atoms. The van der Waals surface area contributed by atoms with Gasteiger partial charge in [0, 0.05) is 12.0 Å². The van der Waals surface area contributed by atoms with E-state index in [-0.39, 0.29) is 22.9 Å². The summed E-state index contributed by atoms with van der Waals surface area (Å²) in [5.41, 5.74) is 0.401. The second kappa shape index (κ2) is 7.97. The van der Waals surface area contributed by atoms with Gasteiger partial charge in [-0.2, -0.15) is 0 Å². The average Bonchev–Trinajstić information content (AvgIpc) is 2.53. The van der Waals surface area contributed by atoms with Crippen molar-refractivity contribution in [3.63, 3.8) is 0 Å². The molecule has 7 heteroatoms. The van der Waals surface area contributed by atoms with Gasteiger partial charge in [0.25, 0.3) is 0 Å². The highest BCUT2D eigenvalue weighted by molar-refractivity contribution is 7.89. The van der Waals surface area contributed by atoms with Crippen molar-refractivity contribution in [1.29, 1.82) is 0 Å². The number of benzene rings is 2. The Hall–Kier alpha value is -2.25. The molecule has 2 aromatic carbocycles. The fourth-order valence-electron chi connectivity index (χ4n) is 2.33. The molecule has 0 heterocycles. The van der Waals surface area contributed by atoms with E-state index in [0.717, 1.165) is 5.56 Å². The predicted octanol–water partition coefficient (Wildman–Crippen LogP) is 3.47. The van der Waals surface area contributed by atoms with Crippen molar-refractivity contribution < 1.29 is 17.6 Å². The van der Waals surface area contributed by atoms with Crippen LogP contribution >= 0.6 is 0 Å². The van der Waals surface area contributed by atoms with Crippen molar-refractivity contribution in [2.75, 3.05) is 5.32 Å². The maximum Gasteiger partial charge on any atom is 0.241 e. The first-order chi connectivity index (χ1) is 12.1. The molecule has 0 saturated heterocycles. The minimum absolute atomic E-state index is 0.146. The van der Waals surface area contributed by atoms with Crippen LogP contribution in [-0.2, 0) is 21.2 Å². The lowest BCUT2D eigenvalue weighted by molar-refractivity contribution is -0.116. The molecule has 0 aromatic heterocycles. The molecule has 0 fully saturated rings. The van der Waals surface area contributed by atoms with Gasteiger partial charge in [0.15, 0.2) is 0 Å². The number of para-hydroxylation sites is 1. The van der Waals surface area contributed by atoms with E-state index < -0.39 is 21.4 Å². The summed E-state index contributed by atoms with van der Waals surface area (Å²) in [6, 6.07) is 12.3. The number of hydrogen-bond donors (Lipinski definition) is 2. The fraction of sp³-hybridized carbons (Fsp3) is 0.316. The summed E-state index contributed by atoms with van der Waals surface area (Å²) in [5, 5.41) is 2.52. The van der Waals surface area contributed by atoms with E-state index in [0.29, 0.717) is 6.42 Å². The van der Waals surface area contributed by atoms with Crippen LogP contribution in [0.2, 0.25) is 0 Å². The van der Waals surface area contributed by atoms with Gasteiger partial charge in [0.1, 0.15) is 5.82 Å². The number of rotatable bonds is 6. The van der Waals surface area contributed by atoms with Crippen LogP contribution in [0, 0.1) is 5.82 Å². The number of halogens is 1. The second-order valence-corrected chi connectivity index (χ2v) is 8.71. The molecule has 140 valence electrons. The SMILES string of the molecule is CC(C)(C)NS(=O)(=O)c1ccc(CCC(=O)Nc2ccccc2F)cc1. The minimum atomic E-state index is -3.58. The third-order valence-electron chi connectivity index (χ3n) is 3.46. The van der Waals surface area contributed by atoms with Crippen LogP contribution in [0.15, 0.2) is 53.4 Å². The number of aryl methyl sites for hydroxylation is 1. The monoisotopic (exact) mass is 378 g/mol. The summed E-state index contributed by atoms with van der Waals surface area (Å²) >= 11 is 0. The third-order valence-corrected chi connectivity index (χ3v) is 5.24. The molecule has 0 unspecified atom stereocenters. The van der Waals surface area contributed by atoms with Crippen molar-refractivity contribution in [1.82, 2.24) is 4.72 Å². The summed E-state index contributed by atoms with van der Waals surface area (Å²) in [5.74, 6) is -0.789. The van der Waals surface area contributed by atoms with Crippen molar-refractivity contribution in [2.45, 2.75) is 44.0 Å². The van der Waals surface area contributed by atoms with Crippen molar-refractivity contribution in [3.8, 4) is 0 Å². The van der Waals surface area contributed by atoms with Gasteiger partial charge in [0.05, 0.1) is 10.6 Å². The Kier molecular flexibility index (Phi) is 6.15. The van der Waals surface area contributed by atoms with E-state index in [1.54, 1.807) is 45.0 Å². The first-order valence-electron chi connectivity index (χ1n) is 8.24. The Labute approximate surface area is 153 Å². The summed E-state index contributed by atoms with van der Waals surface area (Å²) < 4.78 is 40.6. The van der Waals surface area contributed by atoms with Crippen molar-refractivity contribution >= 4 is 21.6 Å². The van der Waals surface area contributed by atoms with Crippen LogP contribution in [-0.4, -0.2) is 19.9 Å². The molecule has 0 aliphatic heterocycles. The number of hydrogen-bond acceptors (Lipinski definition) is 3. The quantitative estimate of drug-likeness (QED) is 0.808. The highest BCUT2D eigenvalue weighted by atomic mass is 32.2. The Bertz CT molecular complexity index is 872. The van der Waals surface area contributed by atoms with Gasteiger partial charge in [0.2, 0.25) is 15.9 Å². The normalized spacial score (nSPS) is 12.0. The highest BCUT2D eigenvalue weighted by Crippen LogP contribution is 2.16. The molecule has 0 aliphatic rings. The van der Waals surface area contributed by atoms with E-state index >= 15 is 0 Å². The van der Waals surface area contributed by atoms with Crippen LogP contribution in [0.25, 0.3) is 0 Å². The molecular weight excluding hydrogens is 355 g/mol. The smallest absolute Gasteiger partial charge is 0.241 e. The summed E-state index contributed by atoms with van der Waals surface area (Å²) in [6.07, 6.45) is 0.591. The van der Waals surface area contributed by atoms with Crippen molar-refractivity contribution in [3.05, 3.63) is 59.9 Å². The zero-order valence-corrected chi connectivity index (χ0v) is 15.9. The number of carbonyl (C=O) groups is 1. The first-order valence-corrected chi connectivity index (χ1v) is 9.72. The lowest BCUT2D eigenvalue weighted by Gasteiger charge is -2.20. The standard InChI is InChI=1S/C19H23FN2O3S/c1-19(2,3)22-26(24,25)15-11-8-14(9-12-15)10-13-18(23)21-17-7-5-4-6-16(17)20/h4-9,11-12,22H,10,13H2,1-3H3,(H,21,23).